The summed E-state index contributed by atoms with van der Waals surface area (Å²) in [5.41, 5.74) is 1.73. The molecule has 0 N–H and O–H groups in total. The van der Waals surface area contributed by atoms with Crippen LogP contribution in [0.25, 0.3) is 0 Å². The molecular weight excluding hydrogens is 364 g/mol. The molecule has 154 valence electrons. The van der Waals surface area contributed by atoms with Crippen molar-refractivity contribution in [2.75, 3.05) is 51.2 Å². The number of benzene rings is 1. The van der Waals surface area contributed by atoms with Crippen molar-refractivity contribution in [3.8, 4) is 5.75 Å². The number of aromatic nitrogens is 1. The SMILES string of the molecule is Cc1ccc(OC2CCN(C(=O)c3cccc(N4CCCN(C)CC4)n3)C2)cc1. The molecule has 2 aliphatic heterocycles. The number of aryl methyl sites for hydroxylation is 1. The van der Waals surface area contributed by atoms with Crippen LogP contribution in [0.3, 0.4) is 0 Å². The Morgan fingerprint density at radius 2 is 1.86 bits per heavy atom. The Balaban J connectivity index is 1.39. The normalized spacial score (nSPS) is 20.6. The number of likely N-dealkylation sites (N-methyl/N-ethyl adjacent to an activating group) is 1. The minimum Gasteiger partial charge on any atom is -0.489 e. The number of carbonyl (C=O) groups is 1. The molecule has 1 atom stereocenters. The van der Waals surface area contributed by atoms with E-state index in [0.717, 1.165) is 50.6 Å². The molecule has 0 saturated carbocycles. The van der Waals surface area contributed by atoms with Crippen LogP contribution < -0.4 is 9.64 Å². The number of hydrogen-bond acceptors (Lipinski definition) is 5. The largest absolute Gasteiger partial charge is 0.489 e. The van der Waals surface area contributed by atoms with Crippen molar-refractivity contribution >= 4 is 11.7 Å². The van der Waals surface area contributed by atoms with E-state index in [2.05, 4.69) is 23.8 Å². The number of rotatable bonds is 4. The maximum Gasteiger partial charge on any atom is 0.272 e. The summed E-state index contributed by atoms with van der Waals surface area (Å²) in [6.07, 6.45) is 1.99. The van der Waals surface area contributed by atoms with Crippen LogP contribution in [0.1, 0.15) is 28.9 Å². The first-order valence-corrected chi connectivity index (χ1v) is 10.5. The molecule has 3 heterocycles. The smallest absolute Gasteiger partial charge is 0.272 e. The molecule has 6 heteroatoms. The number of pyridine rings is 1. The number of hydrogen-bond donors (Lipinski definition) is 0. The molecule has 2 saturated heterocycles. The molecule has 0 bridgehead atoms. The summed E-state index contributed by atoms with van der Waals surface area (Å²) in [7, 11) is 2.15. The Hall–Kier alpha value is -2.60. The van der Waals surface area contributed by atoms with Crippen LogP contribution in [-0.4, -0.2) is 73.1 Å². The van der Waals surface area contributed by atoms with Gasteiger partial charge in [-0.05, 0) is 51.2 Å². The van der Waals surface area contributed by atoms with Crippen molar-refractivity contribution in [2.45, 2.75) is 25.9 Å². The fourth-order valence-electron chi connectivity index (χ4n) is 3.97. The van der Waals surface area contributed by atoms with Crippen LogP contribution in [-0.2, 0) is 0 Å². The molecule has 2 aliphatic rings. The van der Waals surface area contributed by atoms with Gasteiger partial charge in [-0.3, -0.25) is 4.79 Å². The molecule has 0 spiro atoms. The van der Waals surface area contributed by atoms with Gasteiger partial charge in [-0.25, -0.2) is 4.98 Å². The van der Waals surface area contributed by atoms with Crippen LogP contribution in [0.4, 0.5) is 5.82 Å². The highest BCUT2D eigenvalue weighted by Gasteiger charge is 2.29. The van der Waals surface area contributed by atoms with Gasteiger partial charge in [0.15, 0.2) is 0 Å². The molecule has 2 aromatic rings. The number of ether oxygens (including phenoxy) is 1. The first-order chi connectivity index (χ1) is 14.1. The lowest BCUT2D eigenvalue weighted by Gasteiger charge is -2.23. The Kier molecular flexibility index (Phi) is 6.00. The van der Waals surface area contributed by atoms with Gasteiger partial charge >= 0.3 is 0 Å². The van der Waals surface area contributed by atoms with Gasteiger partial charge in [0, 0.05) is 32.6 Å². The quantitative estimate of drug-likeness (QED) is 0.798. The highest BCUT2D eigenvalue weighted by molar-refractivity contribution is 5.93. The van der Waals surface area contributed by atoms with E-state index in [0.29, 0.717) is 18.8 Å². The molecule has 1 amide bonds. The van der Waals surface area contributed by atoms with Gasteiger partial charge in [0.2, 0.25) is 0 Å². The van der Waals surface area contributed by atoms with Gasteiger partial charge in [0.1, 0.15) is 23.4 Å². The fourth-order valence-corrected chi connectivity index (χ4v) is 3.97. The second kappa shape index (κ2) is 8.82. The molecule has 29 heavy (non-hydrogen) atoms. The minimum absolute atomic E-state index is 0.00574. The molecule has 1 unspecified atom stereocenters. The van der Waals surface area contributed by atoms with E-state index >= 15 is 0 Å². The van der Waals surface area contributed by atoms with Gasteiger partial charge in [0.05, 0.1) is 6.54 Å². The van der Waals surface area contributed by atoms with Crippen molar-refractivity contribution in [2.24, 2.45) is 0 Å². The summed E-state index contributed by atoms with van der Waals surface area (Å²) >= 11 is 0. The van der Waals surface area contributed by atoms with Crippen molar-refractivity contribution in [3.05, 3.63) is 53.7 Å². The zero-order valence-electron chi connectivity index (χ0n) is 17.4. The number of amides is 1. The molecule has 2 fully saturated rings. The molecule has 0 radical (unpaired) electrons. The average Bonchev–Trinajstić information content (AvgIpc) is 3.09. The van der Waals surface area contributed by atoms with Crippen molar-refractivity contribution in [1.82, 2.24) is 14.8 Å². The lowest BCUT2D eigenvalue weighted by molar-refractivity contribution is 0.0766. The van der Waals surface area contributed by atoms with E-state index in [1.54, 1.807) is 0 Å². The van der Waals surface area contributed by atoms with Crippen molar-refractivity contribution in [1.29, 1.82) is 0 Å². The first kappa shape index (κ1) is 19.7. The Labute approximate surface area is 173 Å². The van der Waals surface area contributed by atoms with Gasteiger partial charge in [-0.1, -0.05) is 23.8 Å². The first-order valence-electron chi connectivity index (χ1n) is 10.5. The third kappa shape index (κ3) is 4.88. The summed E-state index contributed by atoms with van der Waals surface area (Å²) in [4.78, 5) is 24.2. The molecule has 6 nitrogen and oxygen atoms in total. The number of likely N-dealkylation sites (tertiary alicyclic amines) is 1. The van der Waals surface area contributed by atoms with E-state index in [-0.39, 0.29) is 12.0 Å². The standard InChI is InChI=1S/C23H30N4O2/c1-18-7-9-19(10-8-18)29-20-11-14-27(17-20)23(28)21-5-3-6-22(24-21)26-13-4-12-25(2)15-16-26/h3,5-10,20H,4,11-17H2,1-2H3. The van der Waals surface area contributed by atoms with Crippen LogP contribution in [0.2, 0.25) is 0 Å². The molecule has 4 rings (SSSR count). The summed E-state index contributed by atoms with van der Waals surface area (Å²) in [5.74, 6) is 1.76. The second-order valence-electron chi connectivity index (χ2n) is 8.12. The van der Waals surface area contributed by atoms with E-state index in [9.17, 15) is 4.79 Å². The van der Waals surface area contributed by atoms with Gasteiger partial charge in [-0.2, -0.15) is 0 Å². The Morgan fingerprint density at radius 1 is 1.03 bits per heavy atom. The molecule has 0 aliphatic carbocycles. The van der Waals surface area contributed by atoms with Gasteiger partial charge in [0.25, 0.3) is 5.91 Å². The predicted octanol–water partition coefficient (Wildman–Crippen LogP) is 2.83. The van der Waals surface area contributed by atoms with Crippen LogP contribution in [0, 0.1) is 6.92 Å². The third-order valence-electron chi connectivity index (χ3n) is 5.75. The maximum absolute atomic E-state index is 13.0. The van der Waals surface area contributed by atoms with E-state index in [4.69, 9.17) is 9.72 Å². The molecule has 1 aromatic carbocycles. The Bertz CT molecular complexity index is 839. The van der Waals surface area contributed by atoms with E-state index in [1.807, 2.05) is 47.4 Å². The van der Waals surface area contributed by atoms with Crippen LogP contribution in [0.15, 0.2) is 42.5 Å². The summed E-state index contributed by atoms with van der Waals surface area (Å²) < 4.78 is 6.06. The fraction of sp³-hybridized carbons (Fsp3) is 0.478. The van der Waals surface area contributed by atoms with Crippen LogP contribution >= 0.6 is 0 Å². The summed E-state index contributed by atoms with van der Waals surface area (Å²) in [6, 6.07) is 13.8. The summed E-state index contributed by atoms with van der Waals surface area (Å²) in [6.45, 7) is 7.41. The van der Waals surface area contributed by atoms with Crippen LogP contribution in [0.5, 0.6) is 5.75 Å². The van der Waals surface area contributed by atoms with Crippen molar-refractivity contribution < 1.29 is 9.53 Å². The van der Waals surface area contributed by atoms with E-state index < -0.39 is 0 Å². The topological polar surface area (TPSA) is 48.9 Å². The maximum atomic E-state index is 13.0. The van der Waals surface area contributed by atoms with Gasteiger partial charge in [-0.15, -0.1) is 0 Å². The Morgan fingerprint density at radius 3 is 2.69 bits per heavy atom. The number of carbonyl (C=O) groups excluding carboxylic acids is 1. The molecule has 1 aromatic heterocycles. The molecular formula is C23H30N4O2. The van der Waals surface area contributed by atoms with Gasteiger partial charge < -0.3 is 19.4 Å². The number of anilines is 1. The average molecular weight is 395 g/mol. The highest BCUT2D eigenvalue weighted by atomic mass is 16.5. The lowest BCUT2D eigenvalue weighted by atomic mass is 10.2. The zero-order chi connectivity index (χ0) is 20.2. The monoisotopic (exact) mass is 394 g/mol. The lowest BCUT2D eigenvalue weighted by Crippen LogP contribution is -2.33. The summed E-state index contributed by atoms with van der Waals surface area (Å²) in [5, 5.41) is 0. The zero-order valence-corrected chi connectivity index (χ0v) is 17.4. The minimum atomic E-state index is -0.00574. The highest BCUT2D eigenvalue weighted by Crippen LogP contribution is 2.21. The third-order valence-corrected chi connectivity index (χ3v) is 5.75. The number of nitrogens with zero attached hydrogens (tertiary/aromatic N) is 4. The van der Waals surface area contributed by atoms with Crippen molar-refractivity contribution in [3.63, 3.8) is 0 Å². The second-order valence-corrected chi connectivity index (χ2v) is 8.12. The van der Waals surface area contributed by atoms with E-state index in [1.165, 1.54) is 5.56 Å². The predicted molar refractivity (Wildman–Crippen MR) is 115 cm³/mol.